The van der Waals surface area contributed by atoms with E-state index in [0.29, 0.717) is 28.8 Å². The van der Waals surface area contributed by atoms with Gasteiger partial charge in [0, 0.05) is 6.54 Å². The van der Waals surface area contributed by atoms with Crippen LogP contribution in [0.15, 0.2) is 40.8 Å². The minimum atomic E-state index is -0.189. The number of furan rings is 1. The van der Waals surface area contributed by atoms with Gasteiger partial charge >= 0.3 is 0 Å². The molecule has 1 aromatic carbocycles. The van der Waals surface area contributed by atoms with Crippen LogP contribution in [0.1, 0.15) is 48.9 Å². The van der Waals surface area contributed by atoms with Crippen LogP contribution < -0.4 is 10.1 Å². The standard InChI is InChI=1S/C18H22ClNO3/c1-2-3-4-7-12-20-18(21)17-11-10-14(23-17)13-22-16-9-6-5-8-15(16)19/h5-6,8-11H,2-4,7,12-13H2,1H3,(H,20,21). The molecule has 23 heavy (non-hydrogen) atoms. The number of carbonyl (C=O) groups is 1. The van der Waals surface area contributed by atoms with Gasteiger partial charge in [-0.05, 0) is 30.7 Å². The summed E-state index contributed by atoms with van der Waals surface area (Å²) in [5, 5.41) is 3.40. The van der Waals surface area contributed by atoms with Gasteiger partial charge in [-0.3, -0.25) is 4.79 Å². The molecule has 1 amide bonds. The van der Waals surface area contributed by atoms with Crippen molar-refractivity contribution >= 4 is 17.5 Å². The van der Waals surface area contributed by atoms with E-state index < -0.39 is 0 Å². The lowest BCUT2D eigenvalue weighted by Gasteiger charge is -2.05. The molecule has 0 fully saturated rings. The SMILES string of the molecule is CCCCCCNC(=O)c1ccc(COc2ccccc2Cl)o1. The Bertz CT molecular complexity index is 624. The van der Waals surface area contributed by atoms with E-state index in [1.165, 1.54) is 12.8 Å². The quantitative estimate of drug-likeness (QED) is 0.668. The molecular formula is C18H22ClNO3. The minimum absolute atomic E-state index is 0.189. The van der Waals surface area contributed by atoms with Gasteiger partial charge in [0.15, 0.2) is 5.76 Å². The van der Waals surface area contributed by atoms with Crippen LogP contribution in [-0.2, 0) is 6.61 Å². The molecule has 0 spiro atoms. The Labute approximate surface area is 141 Å². The van der Waals surface area contributed by atoms with Gasteiger partial charge in [0.25, 0.3) is 5.91 Å². The van der Waals surface area contributed by atoms with Crippen LogP contribution in [0.3, 0.4) is 0 Å². The summed E-state index contributed by atoms with van der Waals surface area (Å²) < 4.78 is 11.1. The van der Waals surface area contributed by atoms with Gasteiger partial charge in [-0.1, -0.05) is 49.9 Å². The van der Waals surface area contributed by atoms with Crippen molar-refractivity contribution in [1.29, 1.82) is 0 Å². The summed E-state index contributed by atoms with van der Waals surface area (Å²) in [5.41, 5.74) is 0. The summed E-state index contributed by atoms with van der Waals surface area (Å²) in [6.45, 7) is 3.06. The number of unbranched alkanes of at least 4 members (excludes halogenated alkanes) is 3. The fourth-order valence-corrected chi connectivity index (χ4v) is 2.32. The first kappa shape index (κ1) is 17.4. The van der Waals surface area contributed by atoms with Crippen molar-refractivity contribution in [2.45, 2.75) is 39.2 Å². The summed E-state index contributed by atoms with van der Waals surface area (Å²) >= 11 is 6.02. The lowest BCUT2D eigenvalue weighted by atomic mass is 10.2. The number of para-hydroxylation sites is 1. The molecular weight excluding hydrogens is 314 g/mol. The number of carbonyl (C=O) groups excluding carboxylic acids is 1. The normalized spacial score (nSPS) is 10.5. The summed E-state index contributed by atoms with van der Waals surface area (Å²) in [6.07, 6.45) is 4.50. The molecule has 0 bridgehead atoms. The number of nitrogens with one attached hydrogen (secondary N) is 1. The molecule has 0 saturated heterocycles. The van der Waals surface area contributed by atoms with Crippen LogP contribution in [-0.4, -0.2) is 12.5 Å². The maximum atomic E-state index is 12.0. The second-order valence-electron chi connectivity index (χ2n) is 5.30. The number of benzene rings is 1. The van der Waals surface area contributed by atoms with Crippen molar-refractivity contribution in [2.75, 3.05) is 6.54 Å². The van der Waals surface area contributed by atoms with E-state index in [1.54, 1.807) is 24.3 Å². The van der Waals surface area contributed by atoms with Crippen molar-refractivity contribution in [3.8, 4) is 5.75 Å². The number of halogens is 1. The molecule has 0 unspecified atom stereocenters. The molecule has 0 aliphatic rings. The third kappa shape index (κ3) is 5.64. The fourth-order valence-electron chi connectivity index (χ4n) is 2.13. The number of hydrogen-bond acceptors (Lipinski definition) is 3. The summed E-state index contributed by atoms with van der Waals surface area (Å²) in [5.74, 6) is 1.29. The lowest BCUT2D eigenvalue weighted by Crippen LogP contribution is -2.23. The second kappa shape index (κ2) is 9.26. The van der Waals surface area contributed by atoms with Gasteiger partial charge < -0.3 is 14.5 Å². The number of hydrogen-bond donors (Lipinski definition) is 1. The Morgan fingerprint density at radius 3 is 2.78 bits per heavy atom. The average molecular weight is 336 g/mol. The highest BCUT2D eigenvalue weighted by Gasteiger charge is 2.11. The Hall–Kier alpha value is -1.94. The summed E-state index contributed by atoms with van der Waals surface area (Å²) in [7, 11) is 0. The predicted octanol–water partition coefficient (Wildman–Crippen LogP) is 4.82. The molecule has 0 radical (unpaired) electrons. The van der Waals surface area contributed by atoms with Crippen molar-refractivity contribution in [3.05, 3.63) is 52.9 Å². The molecule has 1 aromatic heterocycles. The van der Waals surface area contributed by atoms with Crippen molar-refractivity contribution in [1.82, 2.24) is 5.32 Å². The van der Waals surface area contributed by atoms with Crippen LogP contribution in [0.25, 0.3) is 0 Å². The molecule has 4 nitrogen and oxygen atoms in total. The molecule has 0 aliphatic heterocycles. The van der Waals surface area contributed by atoms with E-state index in [1.807, 2.05) is 12.1 Å². The second-order valence-corrected chi connectivity index (χ2v) is 5.71. The van der Waals surface area contributed by atoms with E-state index in [-0.39, 0.29) is 12.5 Å². The third-order valence-corrected chi connectivity index (χ3v) is 3.72. The van der Waals surface area contributed by atoms with Crippen LogP contribution in [0, 0.1) is 0 Å². The zero-order valence-corrected chi connectivity index (χ0v) is 14.1. The summed E-state index contributed by atoms with van der Waals surface area (Å²) in [4.78, 5) is 12.0. The Balaban J connectivity index is 1.78. The van der Waals surface area contributed by atoms with Crippen molar-refractivity contribution < 1.29 is 13.9 Å². The molecule has 0 aliphatic carbocycles. The molecule has 1 N–H and O–H groups in total. The van der Waals surface area contributed by atoms with Crippen LogP contribution >= 0.6 is 11.6 Å². The van der Waals surface area contributed by atoms with Crippen LogP contribution in [0.4, 0.5) is 0 Å². The first-order chi connectivity index (χ1) is 11.2. The van der Waals surface area contributed by atoms with Gasteiger partial charge in [-0.2, -0.15) is 0 Å². The topological polar surface area (TPSA) is 51.5 Å². The van der Waals surface area contributed by atoms with E-state index in [4.69, 9.17) is 20.8 Å². The highest BCUT2D eigenvalue weighted by Crippen LogP contribution is 2.24. The minimum Gasteiger partial charge on any atom is -0.484 e. The Morgan fingerprint density at radius 1 is 1.17 bits per heavy atom. The molecule has 124 valence electrons. The fraction of sp³-hybridized carbons (Fsp3) is 0.389. The van der Waals surface area contributed by atoms with E-state index in [0.717, 1.165) is 12.8 Å². The molecule has 5 heteroatoms. The lowest BCUT2D eigenvalue weighted by molar-refractivity contribution is 0.0921. The van der Waals surface area contributed by atoms with Gasteiger partial charge in [-0.15, -0.1) is 0 Å². The van der Waals surface area contributed by atoms with Gasteiger partial charge in [0.1, 0.15) is 18.1 Å². The first-order valence-electron chi connectivity index (χ1n) is 7.95. The highest BCUT2D eigenvalue weighted by molar-refractivity contribution is 6.32. The number of amides is 1. The zero-order valence-electron chi connectivity index (χ0n) is 13.3. The maximum absolute atomic E-state index is 12.0. The van der Waals surface area contributed by atoms with Crippen molar-refractivity contribution in [2.24, 2.45) is 0 Å². The summed E-state index contributed by atoms with van der Waals surface area (Å²) in [6, 6.07) is 10.6. The van der Waals surface area contributed by atoms with Crippen LogP contribution in [0.2, 0.25) is 5.02 Å². The molecule has 0 atom stereocenters. The Morgan fingerprint density at radius 2 is 2.00 bits per heavy atom. The van der Waals surface area contributed by atoms with Gasteiger partial charge in [-0.25, -0.2) is 0 Å². The van der Waals surface area contributed by atoms with Gasteiger partial charge in [0.05, 0.1) is 5.02 Å². The average Bonchev–Trinajstić information content (AvgIpc) is 3.03. The number of ether oxygens (including phenoxy) is 1. The van der Waals surface area contributed by atoms with E-state index >= 15 is 0 Å². The maximum Gasteiger partial charge on any atom is 0.286 e. The monoisotopic (exact) mass is 335 g/mol. The zero-order chi connectivity index (χ0) is 16.5. The van der Waals surface area contributed by atoms with E-state index in [9.17, 15) is 4.79 Å². The third-order valence-electron chi connectivity index (χ3n) is 3.41. The smallest absolute Gasteiger partial charge is 0.286 e. The van der Waals surface area contributed by atoms with Crippen molar-refractivity contribution in [3.63, 3.8) is 0 Å². The first-order valence-corrected chi connectivity index (χ1v) is 8.32. The van der Waals surface area contributed by atoms with Gasteiger partial charge in [0.2, 0.25) is 0 Å². The molecule has 0 saturated carbocycles. The molecule has 2 aromatic rings. The van der Waals surface area contributed by atoms with Crippen LogP contribution in [0.5, 0.6) is 5.75 Å². The Kier molecular flexibility index (Phi) is 7.01. The molecule has 1 heterocycles. The largest absolute Gasteiger partial charge is 0.484 e. The number of rotatable bonds is 9. The highest BCUT2D eigenvalue weighted by atomic mass is 35.5. The van der Waals surface area contributed by atoms with E-state index in [2.05, 4.69) is 12.2 Å². The molecule has 2 rings (SSSR count). The predicted molar refractivity (Wildman–Crippen MR) is 91.0 cm³/mol.